The molecule has 0 fully saturated rings. The Kier molecular flexibility index (Phi) is 16.6. The first-order valence-corrected chi connectivity index (χ1v) is 18.1. The molecule has 4 rings (SSSR count). The van der Waals surface area contributed by atoms with Crippen LogP contribution < -0.4 is 18.9 Å². The van der Waals surface area contributed by atoms with Crippen LogP contribution in [0, 0.1) is 12.8 Å². The van der Waals surface area contributed by atoms with Gasteiger partial charge in [0.15, 0.2) is 0 Å². The van der Waals surface area contributed by atoms with E-state index in [4.69, 9.17) is 28.4 Å². The molecule has 0 N–H and O–H groups in total. The smallest absolute Gasteiger partial charge is 0.343 e. The second kappa shape index (κ2) is 22.0. The van der Waals surface area contributed by atoms with Gasteiger partial charge in [0.25, 0.3) is 0 Å². The lowest BCUT2D eigenvalue weighted by Crippen LogP contribution is -2.14. The summed E-state index contributed by atoms with van der Waals surface area (Å²) in [6, 6.07) is 24.8. The minimum Gasteiger partial charge on any atom is -0.494 e. The number of carbonyl (C=O) groups excluding carboxylic acids is 4. The molecule has 4 aromatic rings. The highest BCUT2D eigenvalue weighted by atomic mass is 16.6. The fourth-order valence-electron chi connectivity index (χ4n) is 4.80. The third-order valence-electron chi connectivity index (χ3n) is 8.20. The Hall–Kier alpha value is -6.30. The largest absolute Gasteiger partial charge is 0.494 e. The average molecular weight is 751 g/mol. The minimum absolute atomic E-state index is 0.0584. The lowest BCUT2D eigenvalue weighted by Gasteiger charge is -2.10. The number of ether oxygens (including phenoxy) is 6. The monoisotopic (exact) mass is 750 g/mol. The molecule has 0 aromatic heterocycles. The Morgan fingerprint density at radius 3 is 1.80 bits per heavy atom. The van der Waals surface area contributed by atoms with E-state index in [-0.39, 0.29) is 36.4 Å². The quantitative estimate of drug-likeness (QED) is 0.0265. The SMILES string of the molecule is C=CC(=O)OCCOc1ccc(N=Nc2ccc(OC(=O)c3ccc(OC(=O)c4ccc(OCCCCCCOC(=O)C(C)CC)cc4)cc3)c(C)c2)cc1. The number of unbranched alkanes of at least 4 members (excludes halogenated alkanes) is 3. The van der Waals surface area contributed by atoms with Gasteiger partial charge in [-0.05, 0) is 136 Å². The molecule has 4 aromatic carbocycles. The normalized spacial score (nSPS) is 11.3. The van der Waals surface area contributed by atoms with Crippen LogP contribution in [0.25, 0.3) is 0 Å². The van der Waals surface area contributed by atoms with Crippen LogP contribution >= 0.6 is 0 Å². The predicted molar refractivity (Wildman–Crippen MR) is 206 cm³/mol. The van der Waals surface area contributed by atoms with Crippen molar-refractivity contribution >= 4 is 35.3 Å². The molecule has 0 amide bonds. The second-order valence-corrected chi connectivity index (χ2v) is 12.4. The zero-order chi connectivity index (χ0) is 39.4. The summed E-state index contributed by atoms with van der Waals surface area (Å²) in [5, 5.41) is 8.50. The molecule has 0 radical (unpaired) electrons. The molecule has 0 aliphatic rings. The Balaban J connectivity index is 1.16. The first-order chi connectivity index (χ1) is 26.6. The summed E-state index contributed by atoms with van der Waals surface area (Å²) in [4.78, 5) is 48.4. The average Bonchev–Trinajstić information content (AvgIpc) is 3.20. The van der Waals surface area contributed by atoms with Gasteiger partial charge in [-0.15, -0.1) is 0 Å². The van der Waals surface area contributed by atoms with Crippen molar-refractivity contribution in [3.8, 4) is 23.0 Å². The van der Waals surface area contributed by atoms with Crippen molar-refractivity contribution < 1.29 is 47.6 Å². The van der Waals surface area contributed by atoms with Gasteiger partial charge in [0.1, 0.15) is 36.2 Å². The lowest BCUT2D eigenvalue weighted by atomic mass is 10.1. The molecule has 0 aliphatic carbocycles. The minimum atomic E-state index is -0.574. The van der Waals surface area contributed by atoms with Gasteiger partial charge in [-0.2, -0.15) is 10.2 Å². The van der Waals surface area contributed by atoms with E-state index in [2.05, 4.69) is 16.8 Å². The van der Waals surface area contributed by atoms with Gasteiger partial charge in [-0.1, -0.05) is 20.4 Å². The fraction of sp³-hybridized carbons (Fsp3) is 0.302. The molecule has 0 aliphatic heterocycles. The molecule has 0 bridgehead atoms. The van der Waals surface area contributed by atoms with Gasteiger partial charge >= 0.3 is 23.9 Å². The summed E-state index contributed by atoms with van der Waals surface area (Å²) in [5.41, 5.74) is 2.48. The molecule has 12 nitrogen and oxygen atoms in total. The van der Waals surface area contributed by atoms with Crippen LogP contribution in [0.1, 0.15) is 72.2 Å². The van der Waals surface area contributed by atoms with E-state index < -0.39 is 17.9 Å². The molecule has 1 atom stereocenters. The first-order valence-electron chi connectivity index (χ1n) is 18.1. The van der Waals surface area contributed by atoms with E-state index in [1.54, 1.807) is 73.7 Å². The molecule has 55 heavy (non-hydrogen) atoms. The fourth-order valence-corrected chi connectivity index (χ4v) is 4.80. The van der Waals surface area contributed by atoms with Crippen molar-refractivity contribution in [1.82, 2.24) is 0 Å². The van der Waals surface area contributed by atoms with Gasteiger partial charge in [-0.25, -0.2) is 14.4 Å². The summed E-state index contributed by atoms with van der Waals surface area (Å²) in [6.45, 7) is 10.3. The van der Waals surface area contributed by atoms with E-state index in [9.17, 15) is 19.2 Å². The second-order valence-electron chi connectivity index (χ2n) is 12.4. The van der Waals surface area contributed by atoms with Gasteiger partial charge in [0, 0.05) is 6.08 Å². The van der Waals surface area contributed by atoms with Gasteiger partial charge < -0.3 is 28.4 Å². The Bertz CT molecular complexity index is 1910. The van der Waals surface area contributed by atoms with Crippen LogP contribution in [-0.2, 0) is 19.1 Å². The first kappa shape index (κ1) is 41.5. The van der Waals surface area contributed by atoms with Gasteiger partial charge in [0.05, 0.1) is 41.6 Å². The maximum absolute atomic E-state index is 12.9. The van der Waals surface area contributed by atoms with E-state index in [1.807, 2.05) is 13.8 Å². The van der Waals surface area contributed by atoms with Crippen LogP contribution in [0.3, 0.4) is 0 Å². The van der Waals surface area contributed by atoms with Crippen LogP contribution in [-0.4, -0.2) is 50.3 Å². The topological polar surface area (TPSA) is 148 Å². The van der Waals surface area contributed by atoms with E-state index in [1.165, 1.54) is 24.3 Å². The Morgan fingerprint density at radius 2 is 1.18 bits per heavy atom. The van der Waals surface area contributed by atoms with E-state index in [0.29, 0.717) is 53.0 Å². The molecule has 0 saturated heterocycles. The molecule has 0 spiro atoms. The van der Waals surface area contributed by atoms with Crippen molar-refractivity contribution in [1.29, 1.82) is 0 Å². The van der Waals surface area contributed by atoms with Crippen LogP contribution in [0.5, 0.6) is 23.0 Å². The van der Waals surface area contributed by atoms with E-state index >= 15 is 0 Å². The lowest BCUT2D eigenvalue weighted by molar-refractivity contribution is -0.148. The summed E-state index contributed by atoms with van der Waals surface area (Å²) in [5.74, 6) is 0.0576. The number of nitrogens with zero attached hydrogens (tertiary/aromatic N) is 2. The van der Waals surface area contributed by atoms with Crippen molar-refractivity contribution in [3.05, 3.63) is 120 Å². The molecular formula is C43H46N2O10. The number of benzene rings is 4. The van der Waals surface area contributed by atoms with Gasteiger partial charge in [0.2, 0.25) is 0 Å². The number of aryl methyl sites for hydroxylation is 1. The van der Waals surface area contributed by atoms with Crippen molar-refractivity contribution in [2.24, 2.45) is 16.1 Å². The van der Waals surface area contributed by atoms with Gasteiger partial charge in [-0.3, -0.25) is 4.79 Å². The standard InChI is InChI=1S/C43H46N2O10/c1-5-30(3)41(47)53-26-10-8-7-9-25-50-36-18-11-32(12-19-36)42(48)54-38-20-13-33(14-21-38)43(49)55-39-24-17-35(29-31(39)4)45-44-34-15-22-37(23-16-34)51-27-28-52-40(46)6-2/h6,11-24,29-30H,2,5,7-10,25-28H2,1,3-4H3. The highest BCUT2D eigenvalue weighted by molar-refractivity contribution is 5.93. The van der Waals surface area contributed by atoms with Crippen LogP contribution in [0.15, 0.2) is 114 Å². The van der Waals surface area contributed by atoms with Crippen molar-refractivity contribution in [2.45, 2.75) is 52.9 Å². The third kappa shape index (κ3) is 14.2. The summed E-state index contributed by atoms with van der Waals surface area (Å²) >= 11 is 0. The van der Waals surface area contributed by atoms with E-state index in [0.717, 1.165) is 38.2 Å². The Morgan fingerprint density at radius 1 is 0.636 bits per heavy atom. The van der Waals surface area contributed by atoms with Crippen LogP contribution in [0.4, 0.5) is 11.4 Å². The molecular weight excluding hydrogens is 704 g/mol. The molecule has 0 heterocycles. The summed E-state index contributed by atoms with van der Waals surface area (Å²) < 4.78 is 32.5. The number of hydrogen-bond acceptors (Lipinski definition) is 12. The number of rotatable bonds is 21. The Labute approximate surface area is 321 Å². The maximum Gasteiger partial charge on any atom is 0.343 e. The molecule has 0 saturated carbocycles. The number of hydrogen-bond donors (Lipinski definition) is 0. The zero-order valence-electron chi connectivity index (χ0n) is 31.4. The summed E-state index contributed by atoms with van der Waals surface area (Å²) in [6.07, 6.45) is 5.47. The molecule has 1 unspecified atom stereocenters. The summed E-state index contributed by atoms with van der Waals surface area (Å²) in [7, 11) is 0. The number of esters is 4. The zero-order valence-corrected chi connectivity index (χ0v) is 31.4. The predicted octanol–water partition coefficient (Wildman–Crippen LogP) is 9.49. The highest BCUT2D eigenvalue weighted by Gasteiger charge is 2.14. The van der Waals surface area contributed by atoms with Crippen molar-refractivity contribution in [3.63, 3.8) is 0 Å². The van der Waals surface area contributed by atoms with Crippen LogP contribution in [0.2, 0.25) is 0 Å². The highest BCUT2D eigenvalue weighted by Crippen LogP contribution is 2.27. The number of azo groups is 1. The molecule has 288 valence electrons. The number of carbonyl (C=O) groups is 4. The molecule has 12 heteroatoms. The third-order valence-corrected chi connectivity index (χ3v) is 8.20. The maximum atomic E-state index is 12.9. The van der Waals surface area contributed by atoms with Crippen molar-refractivity contribution in [2.75, 3.05) is 26.4 Å².